The van der Waals surface area contributed by atoms with Gasteiger partial charge in [-0.2, -0.15) is 0 Å². The molecule has 2 heterocycles. The zero-order valence-electron chi connectivity index (χ0n) is 12.2. The molecule has 0 spiro atoms. The molecule has 6 heteroatoms. The highest BCUT2D eigenvalue weighted by Gasteiger charge is 2.27. The molecule has 2 rings (SSSR count). The summed E-state index contributed by atoms with van der Waals surface area (Å²) in [6.07, 6.45) is 2.88. The van der Waals surface area contributed by atoms with Crippen LogP contribution in [0.2, 0.25) is 0 Å². The van der Waals surface area contributed by atoms with Gasteiger partial charge in [0.2, 0.25) is 0 Å². The monoisotopic (exact) mass is 281 g/mol. The molecule has 1 saturated heterocycles. The predicted octanol–water partition coefficient (Wildman–Crippen LogP) is 1.26. The summed E-state index contributed by atoms with van der Waals surface area (Å²) < 4.78 is 10.8. The van der Waals surface area contributed by atoms with E-state index in [9.17, 15) is 4.79 Å². The summed E-state index contributed by atoms with van der Waals surface area (Å²) in [5, 5.41) is 3.84. The number of hydrogen-bond donors (Lipinski definition) is 1. The van der Waals surface area contributed by atoms with Gasteiger partial charge in [-0.15, -0.1) is 0 Å². The van der Waals surface area contributed by atoms with Crippen molar-refractivity contribution in [2.75, 3.05) is 26.2 Å². The molecule has 0 aromatic carbocycles. The second-order valence-electron chi connectivity index (χ2n) is 5.20. The van der Waals surface area contributed by atoms with Gasteiger partial charge < -0.3 is 19.9 Å². The fourth-order valence-electron chi connectivity index (χ4n) is 2.51. The minimum Gasteiger partial charge on any atom is -0.378 e. The first kappa shape index (κ1) is 15.0. The maximum absolute atomic E-state index is 12.4. The molecule has 112 valence electrons. The molecule has 1 aliphatic heterocycles. The molecule has 0 radical (unpaired) electrons. The lowest BCUT2D eigenvalue weighted by Crippen LogP contribution is -2.41. The number of amides is 1. The van der Waals surface area contributed by atoms with Crippen LogP contribution >= 0.6 is 0 Å². The molecule has 0 aliphatic carbocycles. The summed E-state index contributed by atoms with van der Waals surface area (Å²) in [5.41, 5.74) is 6.71. The van der Waals surface area contributed by atoms with Crippen molar-refractivity contribution in [2.24, 2.45) is 5.73 Å². The maximum Gasteiger partial charge on any atom is 0.259 e. The van der Waals surface area contributed by atoms with Gasteiger partial charge in [0.1, 0.15) is 11.3 Å². The second kappa shape index (κ2) is 6.85. The lowest BCUT2D eigenvalue weighted by Gasteiger charge is -2.31. The number of carbonyl (C=O) groups is 1. The van der Waals surface area contributed by atoms with Crippen LogP contribution in [-0.4, -0.2) is 48.3 Å². The maximum atomic E-state index is 12.4. The van der Waals surface area contributed by atoms with Crippen molar-refractivity contribution < 1.29 is 14.1 Å². The van der Waals surface area contributed by atoms with Crippen LogP contribution in [0, 0.1) is 13.8 Å². The number of carbonyl (C=O) groups excluding carboxylic acids is 1. The molecule has 0 saturated carbocycles. The Hall–Kier alpha value is -1.40. The van der Waals surface area contributed by atoms with E-state index in [1.807, 2.05) is 4.90 Å². The Kier molecular flexibility index (Phi) is 5.14. The lowest BCUT2D eigenvalue weighted by atomic mass is 10.1. The third-order valence-electron chi connectivity index (χ3n) is 3.68. The zero-order valence-corrected chi connectivity index (χ0v) is 12.2. The van der Waals surface area contributed by atoms with Gasteiger partial charge in [-0.05, 0) is 39.7 Å². The normalized spacial score (nSPS) is 16.6. The van der Waals surface area contributed by atoms with Crippen LogP contribution in [-0.2, 0) is 4.74 Å². The zero-order chi connectivity index (χ0) is 14.5. The summed E-state index contributed by atoms with van der Waals surface area (Å²) in [5.74, 6) is 0.607. The number of nitrogens with zero attached hydrogens (tertiary/aromatic N) is 2. The molecular formula is C14H23N3O3. The smallest absolute Gasteiger partial charge is 0.259 e. The Bertz CT molecular complexity index is 431. The summed E-state index contributed by atoms with van der Waals surface area (Å²) in [4.78, 5) is 14.3. The van der Waals surface area contributed by atoms with Gasteiger partial charge in [0.25, 0.3) is 5.91 Å². The Labute approximate surface area is 119 Å². The largest absolute Gasteiger partial charge is 0.378 e. The number of aryl methyl sites for hydroxylation is 2. The van der Waals surface area contributed by atoms with Gasteiger partial charge in [-0.3, -0.25) is 4.79 Å². The van der Waals surface area contributed by atoms with Crippen LogP contribution in [0.15, 0.2) is 4.52 Å². The van der Waals surface area contributed by atoms with Crippen molar-refractivity contribution in [3.05, 3.63) is 17.0 Å². The van der Waals surface area contributed by atoms with E-state index in [2.05, 4.69) is 5.16 Å². The number of ether oxygens (including phenoxy) is 1. The number of nitrogens with two attached hydrogens (primary N) is 1. The van der Waals surface area contributed by atoms with E-state index in [1.165, 1.54) is 0 Å². The number of piperidine rings is 1. The van der Waals surface area contributed by atoms with Crippen LogP contribution in [0.4, 0.5) is 0 Å². The molecule has 1 amide bonds. The molecule has 1 aliphatic rings. The average molecular weight is 281 g/mol. The van der Waals surface area contributed by atoms with Crippen LogP contribution in [0.5, 0.6) is 0 Å². The first-order valence-corrected chi connectivity index (χ1v) is 7.17. The van der Waals surface area contributed by atoms with Gasteiger partial charge in [-0.1, -0.05) is 5.16 Å². The number of hydrogen-bond acceptors (Lipinski definition) is 5. The van der Waals surface area contributed by atoms with Crippen LogP contribution in [0.3, 0.4) is 0 Å². The van der Waals surface area contributed by atoms with Gasteiger partial charge in [0.15, 0.2) is 0 Å². The van der Waals surface area contributed by atoms with Crippen molar-refractivity contribution in [1.82, 2.24) is 10.1 Å². The molecule has 2 N–H and O–H groups in total. The van der Waals surface area contributed by atoms with Crippen LogP contribution in [0.1, 0.15) is 41.1 Å². The van der Waals surface area contributed by atoms with Gasteiger partial charge in [0.05, 0.1) is 11.8 Å². The Morgan fingerprint density at radius 2 is 2.15 bits per heavy atom. The van der Waals surface area contributed by atoms with Crippen molar-refractivity contribution in [3.8, 4) is 0 Å². The molecular weight excluding hydrogens is 258 g/mol. The standard InChI is InChI=1S/C14H23N3O3/c1-10-13(11(2)20-16-10)14(18)17-7-4-12(5-8-17)19-9-3-6-15/h12H,3-9,15H2,1-2H3. The van der Waals surface area contributed by atoms with Gasteiger partial charge >= 0.3 is 0 Å². The Morgan fingerprint density at radius 1 is 1.45 bits per heavy atom. The average Bonchev–Trinajstić information content (AvgIpc) is 2.78. The minimum atomic E-state index is 0.0154. The number of likely N-dealkylation sites (tertiary alicyclic amines) is 1. The van der Waals surface area contributed by atoms with E-state index in [1.54, 1.807) is 13.8 Å². The van der Waals surface area contributed by atoms with Crippen molar-refractivity contribution >= 4 is 5.91 Å². The first-order chi connectivity index (χ1) is 9.63. The summed E-state index contributed by atoms with van der Waals surface area (Å²) in [7, 11) is 0. The van der Waals surface area contributed by atoms with Crippen molar-refractivity contribution in [2.45, 2.75) is 39.2 Å². The molecule has 20 heavy (non-hydrogen) atoms. The minimum absolute atomic E-state index is 0.0154. The van der Waals surface area contributed by atoms with Crippen LogP contribution < -0.4 is 5.73 Å². The van der Waals surface area contributed by atoms with Crippen molar-refractivity contribution in [1.29, 1.82) is 0 Å². The van der Waals surface area contributed by atoms with E-state index in [0.717, 1.165) is 32.4 Å². The Balaban J connectivity index is 1.86. The molecule has 0 bridgehead atoms. The molecule has 0 atom stereocenters. The number of rotatable bonds is 5. The SMILES string of the molecule is Cc1noc(C)c1C(=O)N1CCC(OCCCN)CC1. The molecule has 1 aromatic heterocycles. The first-order valence-electron chi connectivity index (χ1n) is 7.17. The summed E-state index contributed by atoms with van der Waals surface area (Å²) in [6, 6.07) is 0. The van der Waals surface area contributed by atoms with Crippen LogP contribution in [0.25, 0.3) is 0 Å². The van der Waals surface area contributed by atoms with E-state index in [-0.39, 0.29) is 12.0 Å². The highest BCUT2D eigenvalue weighted by atomic mass is 16.5. The predicted molar refractivity (Wildman–Crippen MR) is 74.5 cm³/mol. The fourth-order valence-corrected chi connectivity index (χ4v) is 2.51. The fraction of sp³-hybridized carbons (Fsp3) is 0.714. The topological polar surface area (TPSA) is 81.6 Å². The molecule has 1 aromatic rings. The van der Waals surface area contributed by atoms with E-state index in [0.29, 0.717) is 30.2 Å². The van der Waals surface area contributed by atoms with Crippen molar-refractivity contribution in [3.63, 3.8) is 0 Å². The number of aromatic nitrogens is 1. The molecule has 1 fully saturated rings. The molecule has 6 nitrogen and oxygen atoms in total. The second-order valence-corrected chi connectivity index (χ2v) is 5.20. The Morgan fingerprint density at radius 3 is 2.70 bits per heavy atom. The van der Waals surface area contributed by atoms with Gasteiger partial charge in [-0.25, -0.2) is 0 Å². The summed E-state index contributed by atoms with van der Waals surface area (Å²) in [6.45, 7) is 6.37. The van der Waals surface area contributed by atoms with E-state index < -0.39 is 0 Å². The van der Waals surface area contributed by atoms with E-state index >= 15 is 0 Å². The highest BCUT2D eigenvalue weighted by molar-refractivity contribution is 5.96. The lowest BCUT2D eigenvalue weighted by molar-refractivity contribution is 0.00839. The highest BCUT2D eigenvalue weighted by Crippen LogP contribution is 2.20. The molecule has 0 unspecified atom stereocenters. The third-order valence-corrected chi connectivity index (χ3v) is 3.68. The van der Waals surface area contributed by atoms with E-state index in [4.69, 9.17) is 15.0 Å². The third kappa shape index (κ3) is 3.37. The van der Waals surface area contributed by atoms with Gasteiger partial charge in [0, 0.05) is 19.7 Å². The summed E-state index contributed by atoms with van der Waals surface area (Å²) >= 11 is 0. The quantitative estimate of drug-likeness (QED) is 0.822.